The molecule has 7 nitrogen and oxygen atoms in total. The Morgan fingerprint density at radius 2 is 1.65 bits per heavy atom. The van der Waals surface area contributed by atoms with E-state index in [9.17, 15) is 19.2 Å². The van der Waals surface area contributed by atoms with Gasteiger partial charge in [0.25, 0.3) is 11.8 Å². The zero-order valence-corrected chi connectivity index (χ0v) is 13.7. The average Bonchev–Trinajstić information content (AvgIpc) is 2.82. The number of benzene rings is 1. The predicted molar refractivity (Wildman–Crippen MR) is 93.0 cm³/mol. The van der Waals surface area contributed by atoms with Crippen LogP contribution in [0.15, 0.2) is 54.9 Å². The summed E-state index contributed by atoms with van der Waals surface area (Å²) in [6, 6.07) is 4.06. The van der Waals surface area contributed by atoms with E-state index >= 15 is 0 Å². The van der Waals surface area contributed by atoms with E-state index in [1.165, 1.54) is 0 Å². The van der Waals surface area contributed by atoms with Crippen LogP contribution in [0, 0.1) is 0 Å². The lowest BCUT2D eigenvalue weighted by molar-refractivity contribution is -0.136. The van der Waals surface area contributed by atoms with Gasteiger partial charge in [0, 0.05) is 18.8 Å². The van der Waals surface area contributed by atoms with Crippen LogP contribution in [0.25, 0.3) is 0 Å². The van der Waals surface area contributed by atoms with E-state index in [-0.39, 0.29) is 24.0 Å². The van der Waals surface area contributed by atoms with Gasteiger partial charge < -0.3 is 4.90 Å². The number of rotatable bonds is 2. The Hall–Kier alpha value is -3.48. The van der Waals surface area contributed by atoms with Gasteiger partial charge in [-0.1, -0.05) is 18.2 Å². The van der Waals surface area contributed by atoms with E-state index in [0.29, 0.717) is 5.69 Å². The Balaban J connectivity index is 1.74. The number of anilines is 1. The highest BCUT2D eigenvalue weighted by atomic mass is 16.2. The van der Waals surface area contributed by atoms with Crippen LogP contribution < -0.4 is 10.2 Å². The van der Waals surface area contributed by atoms with Crippen molar-refractivity contribution in [2.75, 3.05) is 4.90 Å². The molecule has 130 valence electrons. The first-order valence-corrected chi connectivity index (χ1v) is 8.22. The monoisotopic (exact) mass is 349 g/mol. The number of piperidine rings is 1. The van der Waals surface area contributed by atoms with Gasteiger partial charge in [-0.25, -0.2) is 0 Å². The highest BCUT2D eigenvalue weighted by Crippen LogP contribution is 2.34. The molecule has 3 aliphatic heterocycles. The quantitative estimate of drug-likeness (QED) is 0.818. The van der Waals surface area contributed by atoms with Crippen molar-refractivity contribution >= 4 is 29.3 Å². The minimum atomic E-state index is -0.968. The molecule has 4 rings (SSSR count). The molecule has 1 fully saturated rings. The van der Waals surface area contributed by atoms with Crippen LogP contribution in [0.1, 0.15) is 33.6 Å². The van der Waals surface area contributed by atoms with Gasteiger partial charge in [0.15, 0.2) is 0 Å². The Morgan fingerprint density at radius 3 is 2.35 bits per heavy atom. The van der Waals surface area contributed by atoms with Crippen LogP contribution in [0.4, 0.5) is 5.69 Å². The lowest BCUT2D eigenvalue weighted by Crippen LogP contribution is -2.54. The molecule has 1 aromatic carbocycles. The number of nitrogens with one attached hydrogen (secondary N) is 1. The van der Waals surface area contributed by atoms with Gasteiger partial charge in [0.1, 0.15) is 6.04 Å². The molecule has 7 heteroatoms. The van der Waals surface area contributed by atoms with E-state index in [0.717, 1.165) is 4.90 Å². The van der Waals surface area contributed by atoms with Gasteiger partial charge in [-0.2, -0.15) is 0 Å². The second-order valence-corrected chi connectivity index (χ2v) is 6.12. The third-order valence-corrected chi connectivity index (χ3v) is 4.55. The van der Waals surface area contributed by atoms with Crippen molar-refractivity contribution in [3.63, 3.8) is 0 Å². The van der Waals surface area contributed by atoms with Crippen molar-refractivity contribution in [3.05, 3.63) is 66.0 Å². The molecule has 1 atom stereocenters. The molecule has 0 radical (unpaired) electrons. The Morgan fingerprint density at radius 1 is 0.923 bits per heavy atom. The zero-order chi connectivity index (χ0) is 18.3. The van der Waals surface area contributed by atoms with Gasteiger partial charge in [-0.15, -0.1) is 0 Å². The lowest BCUT2D eigenvalue weighted by atomic mass is 10.0. The number of carbonyl (C=O) groups is 4. The molecule has 3 heterocycles. The number of hydrogen-bond donors (Lipinski definition) is 1. The normalized spacial score (nSPS) is 21.9. The largest absolute Gasteiger partial charge is 0.323 e. The zero-order valence-electron chi connectivity index (χ0n) is 13.7. The van der Waals surface area contributed by atoms with E-state index in [2.05, 4.69) is 5.32 Å². The summed E-state index contributed by atoms with van der Waals surface area (Å²) in [5, 5.41) is 2.20. The molecule has 26 heavy (non-hydrogen) atoms. The number of hydrogen-bond acceptors (Lipinski definition) is 5. The Bertz CT molecular complexity index is 913. The van der Waals surface area contributed by atoms with Crippen molar-refractivity contribution in [3.8, 4) is 0 Å². The molecule has 1 saturated heterocycles. The smallest absolute Gasteiger partial charge is 0.264 e. The highest BCUT2D eigenvalue weighted by Gasteiger charge is 2.45. The van der Waals surface area contributed by atoms with Crippen molar-refractivity contribution in [2.45, 2.75) is 18.9 Å². The summed E-state index contributed by atoms with van der Waals surface area (Å²) >= 11 is 0. The fraction of sp³-hybridized carbons (Fsp3) is 0.158. The summed E-state index contributed by atoms with van der Waals surface area (Å²) in [5.74, 6) is -2.04. The molecule has 1 aromatic rings. The molecule has 3 aliphatic rings. The van der Waals surface area contributed by atoms with Crippen molar-refractivity contribution < 1.29 is 19.2 Å². The van der Waals surface area contributed by atoms with Gasteiger partial charge in [-0.3, -0.25) is 29.4 Å². The van der Waals surface area contributed by atoms with Crippen LogP contribution in [-0.4, -0.2) is 34.6 Å². The third kappa shape index (κ3) is 2.45. The maximum atomic E-state index is 13.0. The van der Waals surface area contributed by atoms with Gasteiger partial charge in [0.05, 0.1) is 16.8 Å². The summed E-state index contributed by atoms with van der Waals surface area (Å²) in [5.41, 5.74) is 1.08. The molecule has 0 aliphatic carbocycles. The molecule has 0 bridgehead atoms. The van der Waals surface area contributed by atoms with E-state index < -0.39 is 29.7 Å². The summed E-state index contributed by atoms with van der Waals surface area (Å²) < 4.78 is 0. The third-order valence-electron chi connectivity index (χ3n) is 4.55. The topological polar surface area (TPSA) is 86.8 Å². The number of nitrogens with zero attached hydrogens (tertiary/aromatic N) is 2. The fourth-order valence-electron chi connectivity index (χ4n) is 3.34. The standard InChI is InChI=1S/C19H15N3O4/c23-15-9-8-14(17(24)20-15)22-18(25)12-6-5-7-13(16(12)19(22)26)21-10-3-1-2-4-11-21/h1-7,10-11,14H,8-9H2,(H,20,23,24). The van der Waals surface area contributed by atoms with Crippen molar-refractivity contribution in [2.24, 2.45) is 0 Å². The second-order valence-electron chi connectivity index (χ2n) is 6.12. The highest BCUT2D eigenvalue weighted by molar-refractivity contribution is 6.25. The molecule has 1 N–H and O–H groups in total. The van der Waals surface area contributed by atoms with Gasteiger partial charge >= 0.3 is 0 Å². The van der Waals surface area contributed by atoms with Crippen LogP contribution in [0.2, 0.25) is 0 Å². The SMILES string of the molecule is O=C1CCC(N2C(=O)c3cccc(N4C=CC=CC=C4)c3C2=O)C(=O)N1. The molecule has 0 aromatic heterocycles. The maximum absolute atomic E-state index is 13.0. The number of allylic oxidation sites excluding steroid dienone is 4. The first kappa shape index (κ1) is 16.0. The van der Waals surface area contributed by atoms with Crippen LogP contribution in [0.5, 0.6) is 0 Å². The Kier molecular flexibility index (Phi) is 3.76. The van der Waals surface area contributed by atoms with E-state index in [4.69, 9.17) is 0 Å². The summed E-state index contributed by atoms with van der Waals surface area (Å²) in [6.07, 6.45) is 11.1. The number of amides is 4. The molecular weight excluding hydrogens is 334 g/mol. The summed E-state index contributed by atoms with van der Waals surface area (Å²) in [4.78, 5) is 52.1. The summed E-state index contributed by atoms with van der Waals surface area (Å²) in [6.45, 7) is 0. The van der Waals surface area contributed by atoms with Gasteiger partial charge in [0.2, 0.25) is 11.8 Å². The average molecular weight is 349 g/mol. The lowest BCUT2D eigenvalue weighted by Gasteiger charge is -2.28. The van der Waals surface area contributed by atoms with Crippen LogP contribution in [-0.2, 0) is 9.59 Å². The van der Waals surface area contributed by atoms with Crippen LogP contribution >= 0.6 is 0 Å². The maximum Gasteiger partial charge on any atom is 0.264 e. The molecule has 1 unspecified atom stereocenters. The summed E-state index contributed by atoms with van der Waals surface area (Å²) in [7, 11) is 0. The minimum absolute atomic E-state index is 0.0972. The first-order chi connectivity index (χ1) is 12.6. The van der Waals surface area contributed by atoms with Crippen molar-refractivity contribution in [1.29, 1.82) is 0 Å². The molecular formula is C19H15N3O4. The number of carbonyl (C=O) groups excluding carboxylic acids is 4. The number of fused-ring (bicyclic) bond motifs is 1. The van der Waals surface area contributed by atoms with Crippen molar-refractivity contribution in [1.82, 2.24) is 10.2 Å². The molecule has 0 spiro atoms. The van der Waals surface area contributed by atoms with E-state index in [1.54, 1.807) is 35.5 Å². The number of imide groups is 2. The predicted octanol–water partition coefficient (Wildman–Crippen LogP) is 1.49. The molecule has 4 amide bonds. The minimum Gasteiger partial charge on any atom is -0.323 e. The van der Waals surface area contributed by atoms with Gasteiger partial charge in [-0.05, 0) is 30.7 Å². The van der Waals surface area contributed by atoms with E-state index in [1.807, 2.05) is 24.3 Å². The molecule has 0 saturated carbocycles. The van der Waals surface area contributed by atoms with Crippen LogP contribution in [0.3, 0.4) is 0 Å². The Labute approximate surface area is 149 Å². The fourth-order valence-corrected chi connectivity index (χ4v) is 3.34. The first-order valence-electron chi connectivity index (χ1n) is 8.22. The second kappa shape index (κ2) is 6.11.